The Hall–Kier alpha value is -1.29. The van der Waals surface area contributed by atoms with Gasteiger partial charge < -0.3 is 10.1 Å². The predicted octanol–water partition coefficient (Wildman–Crippen LogP) is 2.69. The average Bonchev–Trinajstić information content (AvgIpc) is 2.34. The smallest absolute Gasteiger partial charge is 0.258 e. The summed E-state index contributed by atoms with van der Waals surface area (Å²) in [4.78, 5) is 11.3. The average molecular weight is 298 g/mol. The largest absolute Gasteiger partial charge is 0.483 e. The van der Waals surface area contributed by atoms with Crippen molar-refractivity contribution in [1.82, 2.24) is 5.32 Å². The SMILES string of the molecule is C=CCNC(=O)COc1ccc(CC)cc1Br. The highest BCUT2D eigenvalue weighted by Gasteiger charge is 2.05. The zero-order valence-electron chi connectivity index (χ0n) is 9.83. The summed E-state index contributed by atoms with van der Waals surface area (Å²) in [5, 5.41) is 2.65. The summed E-state index contributed by atoms with van der Waals surface area (Å²) in [7, 11) is 0. The predicted molar refractivity (Wildman–Crippen MR) is 72.2 cm³/mol. The van der Waals surface area contributed by atoms with E-state index in [2.05, 4.69) is 34.7 Å². The molecule has 1 rings (SSSR count). The van der Waals surface area contributed by atoms with Crippen molar-refractivity contribution in [2.75, 3.05) is 13.2 Å². The van der Waals surface area contributed by atoms with Crippen LogP contribution in [0.1, 0.15) is 12.5 Å². The van der Waals surface area contributed by atoms with Gasteiger partial charge in [-0.05, 0) is 40.0 Å². The molecule has 0 saturated heterocycles. The van der Waals surface area contributed by atoms with Gasteiger partial charge in [-0.25, -0.2) is 0 Å². The highest BCUT2D eigenvalue weighted by Crippen LogP contribution is 2.26. The third-order valence-electron chi connectivity index (χ3n) is 2.21. The number of amides is 1. The van der Waals surface area contributed by atoms with Gasteiger partial charge in [0.15, 0.2) is 6.61 Å². The van der Waals surface area contributed by atoms with Crippen molar-refractivity contribution in [2.24, 2.45) is 0 Å². The molecular weight excluding hydrogens is 282 g/mol. The molecule has 1 aromatic rings. The minimum absolute atomic E-state index is 0.0118. The summed E-state index contributed by atoms with van der Waals surface area (Å²) in [5.74, 6) is 0.521. The van der Waals surface area contributed by atoms with Gasteiger partial charge in [-0.2, -0.15) is 0 Å². The first-order valence-electron chi connectivity index (χ1n) is 5.46. The maximum atomic E-state index is 11.3. The lowest BCUT2D eigenvalue weighted by Gasteiger charge is -2.09. The van der Waals surface area contributed by atoms with Crippen LogP contribution in [0.4, 0.5) is 0 Å². The van der Waals surface area contributed by atoms with Gasteiger partial charge in [-0.3, -0.25) is 4.79 Å². The van der Waals surface area contributed by atoms with E-state index in [1.807, 2.05) is 18.2 Å². The van der Waals surface area contributed by atoms with Gasteiger partial charge in [0.25, 0.3) is 5.91 Å². The number of halogens is 1. The van der Waals surface area contributed by atoms with Gasteiger partial charge in [-0.1, -0.05) is 19.1 Å². The molecule has 1 aromatic carbocycles. The summed E-state index contributed by atoms with van der Waals surface area (Å²) in [6, 6.07) is 5.85. The number of carbonyl (C=O) groups excluding carboxylic acids is 1. The van der Waals surface area contributed by atoms with E-state index < -0.39 is 0 Å². The lowest BCUT2D eigenvalue weighted by molar-refractivity contribution is -0.122. The van der Waals surface area contributed by atoms with Crippen molar-refractivity contribution in [2.45, 2.75) is 13.3 Å². The van der Waals surface area contributed by atoms with Gasteiger partial charge in [0, 0.05) is 6.54 Å². The van der Waals surface area contributed by atoms with Crippen LogP contribution in [0.25, 0.3) is 0 Å². The summed E-state index contributed by atoms with van der Waals surface area (Å²) in [5.41, 5.74) is 1.22. The molecule has 0 aliphatic carbocycles. The number of aryl methyl sites for hydroxylation is 1. The first kappa shape index (κ1) is 13.8. The first-order valence-corrected chi connectivity index (χ1v) is 6.25. The molecule has 92 valence electrons. The van der Waals surface area contributed by atoms with E-state index in [-0.39, 0.29) is 12.5 Å². The number of nitrogens with one attached hydrogen (secondary N) is 1. The van der Waals surface area contributed by atoms with E-state index in [9.17, 15) is 4.79 Å². The van der Waals surface area contributed by atoms with E-state index >= 15 is 0 Å². The number of hydrogen-bond donors (Lipinski definition) is 1. The monoisotopic (exact) mass is 297 g/mol. The molecule has 3 nitrogen and oxygen atoms in total. The van der Waals surface area contributed by atoms with E-state index in [1.54, 1.807) is 6.08 Å². The van der Waals surface area contributed by atoms with Crippen molar-refractivity contribution in [3.8, 4) is 5.75 Å². The standard InChI is InChI=1S/C13H16BrNO2/c1-3-7-15-13(16)9-17-12-6-5-10(4-2)8-11(12)14/h3,5-6,8H,1,4,7,9H2,2H3,(H,15,16). The third kappa shape index (κ3) is 4.61. The Morgan fingerprint density at radius 3 is 2.94 bits per heavy atom. The van der Waals surface area contributed by atoms with E-state index in [0.717, 1.165) is 10.9 Å². The van der Waals surface area contributed by atoms with Crippen LogP contribution >= 0.6 is 15.9 Å². The number of hydrogen-bond acceptors (Lipinski definition) is 2. The normalized spacial score (nSPS) is 9.76. The minimum atomic E-state index is -0.156. The Morgan fingerprint density at radius 1 is 1.59 bits per heavy atom. The fourth-order valence-electron chi connectivity index (χ4n) is 1.26. The van der Waals surface area contributed by atoms with Crippen LogP contribution in [0.15, 0.2) is 35.3 Å². The molecule has 0 unspecified atom stereocenters. The molecule has 1 amide bonds. The molecule has 4 heteroatoms. The van der Waals surface area contributed by atoms with Crippen LogP contribution in [0.2, 0.25) is 0 Å². The first-order chi connectivity index (χ1) is 8.17. The van der Waals surface area contributed by atoms with Gasteiger partial charge in [0.05, 0.1) is 4.47 Å². The second-order valence-electron chi connectivity index (χ2n) is 3.50. The Kier molecular flexibility index (Phi) is 5.77. The molecule has 0 atom stereocenters. The summed E-state index contributed by atoms with van der Waals surface area (Å²) in [6.45, 7) is 6.08. The molecule has 1 N–H and O–H groups in total. The molecule has 0 saturated carbocycles. The topological polar surface area (TPSA) is 38.3 Å². The van der Waals surface area contributed by atoms with E-state index in [1.165, 1.54) is 5.56 Å². The Morgan fingerprint density at radius 2 is 2.35 bits per heavy atom. The molecule has 0 fully saturated rings. The maximum Gasteiger partial charge on any atom is 0.258 e. The molecule has 0 spiro atoms. The quantitative estimate of drug-likeness (QED) is 0.820. The van der Waals surface area contributed by atoms with Gasteiger partial charge in [-0.15, -0.1) is 6.58 Å². The second kappa shape index (κ2) is 7.12. The van der Waals surface area contributed by atoms with Crippen LogP contribution in [0.5, 0.6) is 5.75 Å². The van der Waals surface area contributed by atoms with Crippen LogP contribution in [0, 0.1) is 0 Å². The number of ether oxygens (including phenoxy) is 1. The highest BCUT2D eigenvalue weighted by molar-refractivity contribution is 9.10. The lowest BCUT2D eigenvalue weighted by Crippen LogP contribution is -2.28. The van der Waals surface area contributed by atoms with Crippen LogP contribution in [0.3, 0.4) is 0 Å². The highest BCUT2D eigenvalue weighted by atomic mass is 79.9. The maximum absolute atomic E-state index is 11.3. The van der Waals surface area contributed by atoms with Crippen molar-refractivity contribution in [3.05, 3.63) is 40.9 Å². The lowest BCUT2D eigenvalue weighted by atomic mass is 10.2. The van der Waals surface area contributed by atoms with Crippen molar-refractivity contribution in [1.29, 1.82) is 0 Å². The van der Waals surface area contributed by atoms with Crippen molar-refractivity contribution in [3.63, 3.8) is 0 Å². The fourth-order valence-corrected chi connectivity index (χ4v) is 1.80. The van der Waals surface area contributed by atoms with Gasteiger partial charge in [0.1, 0.15) is 5.75 Å². The molecule has 0 bridgehead atoms. The van der Waals surface area contributed by atoms with Crippen molar-refractivity contribution < 1.29 is 9.53 Å². The van der Waals surface area contributed by atoms with E-state index in [4.69, 9.17) is 4.74 Å². The van der Waals surface area contributed by atoms with Gasteiger partial charge in [0.2, 0.25) is 0 Å². The number of benzene rings is 1. The molecule has 17 heavy (non-hydrogen) atoms. The molecule has 0 aliphatic heterocycles. The third-order valence-corrected chi connectivity index (χ3v) is 2.83. The van der Waals surface area contributed by atoms with E-state index in [0.29, 0.717) is 12.3 Å². The molecule has 0 radical (unpaired) electrons. The number of carbonyl (C=O) groups is 1. The molecule has 0 aliphatic rings. The number of rotatable bonds is 6. The Bertz CT molecular complexity index is 404. The zero-order valence-corrected chi connectivity index (χ0v) is 11.4. The molecule has 0 heterocycles. The molecular formula is C13H16BrNO2. The summed E-state index contributed by atoms with van der Waals surface area (Å²) >= 11 is 3.42. The summed E-state index contributed by atoms with van der Waals surface area (Å²) < 4.78 is 6.27. The van der Waals surface area contributed by atoms with Crippen LogP contribution in [-0.2, 0) is 11.2 Å². The zero-order chi connectivity index (χ0) is 12.7. The van der Waals surface area contributed by atoms with Crippen molar-refractivity contribution >= 4 is 21.8 Å². The Balaban J connectivity index is 2.51. The van der Waals surface area contributed by atoms with Crippen LogP contribution in [-0.4, -0.2) is 19.1 Å². The second-order valence-corrected chi connectivity index (χ2v) is 4.35. The van der Waals surface area contributed by atoms with Gasteiger partial charge >= 0.3 is 0 Å². The summed E-state index contributed by atoms with van der Waals surface area (Å²) in [6.07, 6.45) is 2.60. The minimum Gasteiger partial charge on any atom is -0.483 e. The Labute approximate surface area is 110 Å². The molecule has 0 aromatic heterocycles. The van der Waals surface area contributed by atoms with Crippen LogP contribution < -0.4 is 10.1 Å². The fraction of sp³-hybridized carbons (Fsp3) is 0.308.